The van der Waals surface area contributed by atoms with Gasteiger partial charge < -0.3 is 5.73 Å². The van der Waals surface area contributed by atoms with E-state index >= 15 is 0 Å². The van der Waals surface area contributed by atoms with Crippen LogP contribution in [-0.4, -0.2) is 6.04 Å². The van der Waals surface area contributed by atoms with Crippen molar-refractivity contribution in [3.8, 4) is 0 Å². The van der Waals surface area contributed by atoms with Crippen LogP contribution in [0.25, 0.3) is 0 Å². The van der Waals surface area contributed by atoms with Crippen LogP contribution in [0.1, 0.15) is 57.6 Å². The molecule has 1 aromatic carbocycles. The van der Waals surface area contributed by atoms with E-state index in [9.17, 15) is 0 Å². The second-order valence-electron chi connectivity index (χ2n) is 5.64. The van der Waals surface area contributed by atoms with Gasteiger partial charge in [-0.25, -0.2) is 0 Å². The summed E-state index contributed by atoms with van der Waals surface area (Å²) in [6, 6.07) is 9.28. The van der Waals surface area contributed by atoms with Crippen molar-refractivity contribution in [1.29, 1.82) is 0 Å². The van der Waals surface area contributed by atoms with Gasteiger partial charge in [0.2, 0.25) is 0 Å². The van der Waals surface area contributed by atoms with Crippen LogP contribution in [0.2, 0.25) is 0 Å². The van der Waals surface area contributed by atoms with E-state index < -0.39 is 0 Å². The lowest BCUT2D eigenvalue weighted by Gasteiger charge is -2.15. The monoisotopic (exact) mass is 233 g/mol. The van der Waals surface area contributed by atoms with Gasteiger partial charge in [0.25, 0.3) is 0 Å². The zero-order chi connectivity index (χ0) is 12.8. The van der Waals surface area contributed by atoms with E-state index in [1.165, 1.54) is 17.5 Å². The molecule has 0 radical (unpaired) electrons. The summed E-state index contributed by atoms with van der Waals surface area (Å²) in [4.78, 5) is 0. The lowest BCUT2D eigenvalue weighted by molar-refractivity contribution is 0.493. The molecule has 0 saturated heterocycles. The van der Waals surface area contributed by atoms with Gasteiger partial charge >= 0.3 is 0 Å². The van der Waals surface area contributed by atoms with Crippen LogP contribution in [0.15, 0.2) is 24.3 Å². The van der Waals surface area contributed by atoms with Crippen LogP contribution in [-0.2, 0) is 6.42 Å². The highest BCUT2D eigenvalue weighted by molar-refractivity contribution is 5.25. The molecule has 2 atom stereocenters. The fourth-order valence-corrected chi connectivity index (χ4v) is 2.21. The molecule has 0 amide bonds. The Morgan fingerprint density at radius 1 is 1.06 bits per heavy atom. The van der Waals surface area contributed by atoms with Crippen molar-refractivity contribution >= 4 is 0 Å². The zero-order valence-corrected chi connectivity index (χ0v) is 11.7. The van der Waals surface area contributed by atoms with E-state index in [0.717, 1.165) is 12.8 Å². The fraction of sp³-hybridized carbons (Fsp3) is 0.625. The van der Waals surface area contributed by atoms with Gasteiger partial charge in [0, 0.05) is 6.04 Å². The minimum absolute atomic E-state index is 0.296. The van der Waals surface area contributed by atoms with Crippen molar-refractivity contribution in [2.24, 2.45) is 11.7 Å². The fourth-order valence-electron chi connectivity index (χ4n) is 2.21. The quantitative estimate of drug-likeness (QED) is 0.786. The molecule has 0 aliphatic rings. The highest BCUT2D eigenvalue weighted by Gasteiger charge is 2.07. The van der Waals surface area contributed by atoms with E-state index in [0.29, 0.717) is 17.9 Å². The van der Waals surface area contributed by atoms with Gasteiger partial charge in [-0.15, -0.1) is 0 Å². The third-order valence-electron chi connectivity index (χ3n) is 3.43. The van der Waals surface area contributed by atoms with Gasteiger partial charge in [-0.2, -0.15) is 0 Å². The van der Waals surface area contributed by atoms with E-state index in [1.54, 1.807) is 0 Å². The molecule has 0 heterocycles. The maximum Gasteiger partial charge on any atom is 0.00817 e. The normalized spacial score (nSPS) is 14.9. The molecular weight excluding hydrogens is 206 g/mol. The molecule has 0 bridgehead atoms. The van der Waals surface area contributed by atoms with Crippen LogP contribution in [0.4, 0.5) is 0 Å². The van der Waals surface area contributed by atoms with Crippen LogP contribution in [0, 0.1) is 5.92 Å². The van der Waals surface area contributed by atoms with Crippen LogP contribution < -0.4 is 5.73 Å². The smallest absolute Gasteiger partial charge is 0.00817 e. The van der Waals surface area contributed by atoms with E-state index in [-0.39, 0.29) is 0 Å². The third kappa shape index (κ3) is 4.91. The molecule has 0 aliphatic heterocycles. The van der Waals surface area contributed by atoms with Crippen LogP contribution >= 0.6 is 0 Å². The standard InChI is InChI=1S/C16H27N/c1-5-13(4)15-8-6-14(7-9-15)11-16(17)10-12(2)3/h6-9,12-13,16H,5,10-11,17H2,1-4H3. The van der Waals surface area contributed by atoms with Crippen molar-refractivity contribution in [1.82, 2.24) is 0 Å². The second kappa shape index (κ2) is 6.80. The first kappa shape index (κ1) is 14.2. The summed E-state index contributed by atoms with van der Waals surface area (Å²) < 4.78 is 0. The lowest BCUT2D eigenvalue weighted by atomic mass is 9.94. The Morgan fingerprint density at radius 3 is 2.12 bits per heavy atom. The predicted octanol–water partition coefficient (Wildman–Crippen LogP) is 4.12. The van der Waals surface area contributed by atoms with Crippen molar-refractivity contribution < 1.29 is 0 Å². The largest absolute Gasteiger partial charge is 0.327 e. The summed E-state index contributed by atoms with van der Waals surface area (Å²) in [5.74, 6) is 1.35. The van der Waals surface area contributed by atoms with Crippen molar-refractivity contribution in [2.45, 2.75) is 58.9 Å². The molecule has 0 spiro atoms. The number of nitrogens with two attached hydrogens (primary N) is 1. The lowest BCUT2D eigenvalue weighted by Crippen LogP contribution is -2.24. The summed E-state index contributed by atoms with van der Waals surface area (Å²) in [5, 5.41) is 0. The summed E-state index contributed by atoms with van der Waals surface area (Å²) in [5.41, 5.74) is 8.94. The van der Waals surface area contributed by atoms with Gasteiger partial charge in [-0.3, -0.25) is 0 Å². The molecule has 96 valence electrons. The van der Waals surface area contributed by atoms with Gasteiger partial charge in [0.1, 0.15) is 0 Å². The molecule has 0 saturated carbocycles. The van der Waals surface area contributed by atoms with Gasteiger partial charge in [0.15, 0.2) is 0 Å². The minimum Gasteiger partial charge on any atom is -0.327 e. The molecule has 1 rings (SSSR count). The number of benzene rings is 1. The Labute approximate surface area is 106 Å². The van der Waals surface area contributed by atoms with Gasteiger partial charge in [-0.05, 0) is 42.2 Å². The Kier molecular flexibility index (Phi) is 5.70. The average molecular weight is 233 g/mol. The highest BCUT2D eigenvalue weighted by atomic mass is 14.6. The molecule has 0 aliphatic carbocycles. The van der Waals surface area contributed by atoms with Crippen molar-refractivity contribution in [2.75, 3.05) is 0 Å². The first-order valence-corrected chi connectivity index (χ1v) is 6.87. The molecule has 1 nitrogen and oxygen atoms in total. The zero-order valence-electron chi connectivity index (χ0n) is 11.7. The topological polar surface area (TPSA) is 26.0 Å². The van der Waals surface area contributed by atoms with E-state index in [4.69, 9.17) is 5.73 Å². The minimum atomic E-state index is 0.296. The molecule has 0 aromatic heterocycles. The van der Waals surface area contributed by atoms with Crippen molar-refractivity contribution in [3.63, 3.8) is 0 Å². The maximum atomic E-state index is 6.13. The molecule has 1 heteroatoms. The van der Waals surface area contributed by atoms with Gasteiger partial charge in [-0.1, -0.05) is 52.0 Å². The summed E-state index contributed by atoms with van der Waals surface area (Å²) in [7, 11) is 0. The number of hydrogen-bond acceptors (Lipinski definition) is 1. The Balaban J connectivity index is 2.56. The molecular formula is C16H27N. The summed E-state index contributed by atoms with van der Waals surface area (Å²) in [6.07, 6.45) is 3.30. The number of hydrogen-bond donors (Lipinski definition) is 1. The molecule has 2 N–H and O–H groups in total. The Morgan fingerprint density at radius 2 is 1.65 bits per heavy atom. The van der Waals surface area contributed by atoms with Crippen molar-refractivity contribution in [3.05, 3.63) is 35.4 Å². The highest BCUT2D eigenvalue weighted by Crippen LogP contribution is 2.19. The van der Waals surface area contributed by atoms with Crippen LogP contribution in [0.3, 0.4) is 0 Å². The molecule has 0 fully saturated rings. The first-order chi connectivity index (χ1) is 8.02. The third-order valence-corrected chi connectivity index (χ3v) is 3.43. The summed E-state index contributed by atoms with van der Waals surface area (Å²) in [6.45, 7) is 8.97. The summed E-state index contributed by atoms with van der Waals surface area (Å²) >= 11 is 0. The van der Waals surface area contributed by atoms with Crippen LogP contribution in [0.5, 0.6) is 0 Å². The molecule has 1 aromatic rings. The number of rotatable bonds is 6. The van der Waals surface area contributed by atoms with Gasteiger partial charge in [0.05, 0.1) is 0 Å². The Hall–Kier alpha value is -0.820. The first-order valence-electron chi connectivity index (χ1n) is 6.87. The maximum absolute atomic E-state index is 6.13. The van der Waals surface area contributed by atoms with E-state index in [1.807, 2.05) is 0 Å². The SMILES string of the molecule is CCC(C)c1ccc(CC(N)CC(C)C)cc1. The average Bonchev–Trinajstić information content (AvgIpc) is 2.28. The molecule has 17 heavy (non-hydrogen) atoms. The van der Waals surface area contributed by atoms with E-state index in [2.05, 4.69) is 52.0 Å². The predicted molar refractivity (Wildman–Crippen MR) is 76.3 cm³/mol. The Bertz CT molecular complexity index is 313. The second-order valence-corrected chi connectivity index (χ2v) is 5.64. The molecule has 2 unspecified atom stereocenters.